The van der Waals surface area contributed by atoms with E-state index < -0.39 is 11.7 Å². The van der Waals surface area contributed by atoms with Crippen LogP contribution in [0, 0.1) is 11.7 Å². The second-order valence-corrected chi connectivity index (χ2v) is 9.55. The van der Waals surface area contributed by atoms with E-state index in [9.17, 15) is 13.1 Å². The zero-order valence-corrected chi connectivity index (χ0v) is 18.3. The molecule has 0 spiro atoms. The Hall–Kier alpha value is -0.800. The number of carbonyl (C=O) groups excluding carboxylic acids is 1. The summed E-state index contributed by atoms with van der Waals surface area (Å²) in [6, 6.07) is 4.83. The molecule has 0 bridgehead atoms. The van der Waals surface area contributed by atoms with Crippen molar-refractivity contribution < 1.29 is 17.8 Å². The number of rotatable bonds is 3. The molecule has 3 atom stereocenters. The Morgan fingerprint density at radius 2 is 2.04 bits per heavy atom. The van der Waals surface area contributed by atoms with E-state index in [4.69, 9.17) is 4.74 Å². The molecule has 0 N–H and O–H groups in total. The van der Waals surface area contributed by atoms with Crippen molar-refractivity contribution in [2.24, 2.45) is 10.9 Å². The van der Waals surface area contributed by atoms with Gasteiger partial charge >= 0.3 is 6.09 Å². The molecule has 2 rings (SSSR count). The van der Waals surface area contributed by atoms with E-state index in [0.29, 0.717) is 5.56 Å². The van der Waals surface area contributed by atoms with Crippen LogP contribution < -0.4 is 0 Å². The maximum atomic E-state index is 14.2. The van der Waals surface area contributed by atoms with Crippen molar-refractivity contribution in [1.82, 2.24) is 4.31 Å². The molecule has 0 aliphatic heterocycles. The van der Waals surface area contributed by atoms with E-state index >= 15 is 0 Å². The van der Waals surface area contributed by atoms with Crippen molar-refractivity contribution in [3.8, 4) is 0 Å². The average molecular weight is 467 g/mol. The number of amides is 1. The number of ether oxygens (including phenoxy) is 1. The number of halogens is 3. The lowest BCUT2D eigenvalue weighted by molar-refractivity contribution is 0.0474. The second-order valence-electron chi connectivity index (χ2n) is 6.98. The van der Waals surface area contributed by atoms with Gasteiger partial charge in [0.2, 0.25) is 0 Å². The third kappa shape index (κ3) is 5.13. The van der Waals surface area contributed by atoms with Crippen LogP contribution in [-0.2, 0) is 4.74 Å². The first-order valence-electron chi connectivity index (χ1n) is 7.99. The van der Waals surface area contributed by atoms with Crippen molar-refractivity contribution in [2.45, 2.75) is 44.5 Å². The summed E-state index contributed by atoms with van der Waals surface area (Å²) in [6.07, 6.45) is -0.823. The summed E-state index contributed by atoms with van der Waals surface area (Å²) in [7, 11) is 1.48. The molecular weight excluding hydrogens is 446 g/mol. The monoisotopic (exact) mass is 466 g/mol. The van der Waals surface area contributed by atoms with Crippen LogP contribution in [0.4, 0.5) is 13.1 Å². The zero-order chi connectivity index (χ0) is 19.6. The fourth-order valence-corrected chi connectivity index (χ4v) is 4.77. The first-order chi connectivity index (χ1) is 12.1. The highest BCUT2D eigenvalue weighted by Gasteiger charge is 2.51. The van der Waals surface area contributed by atoms with Gasteiger partial charge in [-0.2, -0.15) is 4.31 Å². The Labute approximate surface area is 169 Å². The Kier molecular flexibility index (Phi) is 7.01. The third-order valence-corrected chi connectivity index (χ3v) is 6.49. The van der Waals surface area contributed by atoms with E-state index in [-0.39, 0.29) is 40.4 Å². The van der Waals surface area contributed by atoms with E-state index in [1.807, 2.05) is 6.92 Å². The van der Waals surface area contributed by atoms with Gasteiger partial charge in [0.25, 0.3) is 0 Å². The fourth-order valence-electron chi connectivity index (χ4n) is 2.59. The number of nitrogens with zero attached hydrogens (tertiary/aromatic N) is 2. The van der Waals surface area contributed by atoms with Crippen molar-refractivity contribution in [1.29, 1.82) is 0 Å². The maximum absolute atomic E-state index is 14.2. The molecule has 1 aliphatic rings. The standard InChI is InChI=1S/C17H21BrF2N2O2S2/c1-9-13(11-8-10(18)6-7-12(11)19)14(9)25-15(21-5)22(26-20)16(23)24-17(2,3)4/h6-9,13-14H,1-5H3/t9-,13?,14?/m0/s1. The van der Waals surface area contributed by atoms with Gasteiger partial charge in [-0.25, -0.2) is 9.18 Å². The molecule has 0 saturated heterocycles. The molecule has 1 aromatic rings. The SMILES string of the molecule is CN=C(SC1C(c2cc(Br)ccc2F)[C@@H]1C)N(SF)C(=O)OC(C)(C)C. The summed E-state index contributed by atoms with van der Waals surface area (Å²) in [4.78, 5) is 16.2. The summed E-state index contributed by atoms with van der Waals surface area (Å²) >= 11 is 4.36. The average Bonchev–Trinajstić information content (AvgIpc) is 3.16. The second kappa shape index (κ2) is 8.48. The minimum atomic E-state index is -0.823. The van der Waals surface area contributed by atoms with Crippen molar-refractivity contribution in [3.63, 3.8) is 0 Å². The van der Waals surface area contributed by atoms with Crippen LogP contribution in [0.5, 0.6) is 0 Å². The fraction of sp³-hybridized carbons (Fsp3) is 0.529. The summed E-state index contributed by atoms with van der Waals surface area (Å²) < 4.78 is 34.4. The molecule has 4 nitrogen and oxygen atoms in total. The molecule has 0 aromatic heterocycles. The number of thioether (sulfide) groups is 1. The Morgan fingerprint density at radius 3 is 2.58 bits per heavy atom. The predicted octanol–water partition coefficient (Wildman–Crippen LogP) is 6.18. The van der Waals surface area contributed by atoms with Gasteiger partial charge in [-0.15, -0.1) is 3.89 Å². The molecule has 0 radical (unpaired) electrons. The summed E-state index contributed by atoms with van der Waals surface area (Å²) in [6.45, 7) is 7.11. The first kappa shape index (κ1) is 21.5. The van der Waals surface area contributed by atoms with Crippen molar-refractivity contribution in [3.05, 3.63) is 34.1 Å². The highest BCUT2D eigenvalue weighted by molar-refractivity contribution is 9.10. The van der Waals surface area contributed by atoms with Crippen LogP contribution in [0.2, 0.25) is 0 Å². The molecule has 26 heavy (non-hydrogen) atoms. The Balaban J connectivity index is 2.13. The van der Waals surface area contributed by atoms with E-state index in [1.165, 1.54) is 24.9 Å². The molecule has 1 aromatic carbocycles. The number of hydrogen-bond acceptors (Lipinski definition) is 5. The maximum Gasteiger partial charge on any atom is 0.428 e. The van der Waals surface area contributed by atoms with Crippen LogP contribution in [0.15, 0.2) is 27.7 Å². The van der Waals surface area contributed by atoms with E-state index in [2.05, 4.69) is 20.9 Å². The predicted molar refractivity (Wildman–Crippen MR) is 108 cm³/mol. The normalized spacial score (nSPS) is 22.9. The summed E-state index contributed by atoms with van der Waals surface area (Å²) in [5.41, 5.74) is -0.139. The number of amidine groups is 1. The Bertz CT molecular complexity index is 712. The smallest absolute Gasteiger partial charge is 0.428 e. The quantitative estimate of drug-likeness (QED) is 0.303. The van der Waals surface area contributed by atoms with Gasteiger partial charge in [-0.1, -0.05) is 34.6 Å². The van der Waals surface area contributed by atoms with Gasteiger partial charge < -0.3 is 4.74 Å². The Morgan fingerprint density at radius 1 is 1.38 bits per heavy atom. The van der Waals surface area contributed by atoms with Crippen molar-refractivity contribution in [2.75, 3.05) is 7.05 Å². The van der Waals surface area contributed by atoms with E-state index in [0.717, 1.165) is 8.78 Å². The molecule has 2 unspecified atom stereocenters. The highest BCUT2D eigenvalue weighted by atomic mass is 79.9. The topological polar surface area (TPSA) is 41.9 Å². The minimum Gasteiger partial charge on any atom is -0.443 e. The van der Waals surface area contributed by atoms with Crippen LogP contribution >= 0.6 is 40.0 Å². The molecule has 1 amide bonds. The van der Waals surface area contributed by atoms with Crippen LogP contribution in [0.1, 0.15) is 39.2 Å². The lowest BCUT2D eigenvalue weighted by Gasteiger charge is -2.24. The third-order valence-electron chi connectivity index (χ3n) is 3.85. The number of carbonyl (C=O) groups is 1. The number of aliphatic imine (C=N–C) groups is 1. The lowest BCUT2D eigenvalue weighted by Crippen LogP contribution is -2.35. The molecule has 1 fully saturated rings. The van der Waals surface area contributed by atoms with E-state index in [1.54, 1.807) is 32.9 Å². The van der Waals surface area contributed by atoms with Crippen LogP contribution in [0.3, 0.4) is 0 Å². The molecule has 1 saturated carbocycles. The van der Waals surface area contributed by atoms with Gasteiger partial charge in [-0.3, -0.25) is 4.99 Å². The zero-order valence-electron chi connectivity index (χ0n) is 15.1. The number of hydrogen-bond donors (Lipinski definition) is 0. The van der Waals surface area contributed by atoms with Crippen LogP contribution in [-0.4, -0.2) is 33.5 Å². The van der Waals surface area contributed by atoms with Gasteiger partial charge in [0.15, 0.2) is 17.5 Å². The van der Waals surface area contributed by atoms with Gasteiger partial charge in [0.05, 0.1) is 0 Å². The van der Waals surface area contributed by atoms with Crippen molar-refractivity contribution >= 4 is 51.3 Å². The first-order valence-corrected chi connectivity index (χ1v) is 10.3. The van der Waals surface area contributed by atoms with Gasteiger partial charge in [0.1, 0.15) is 11.4 Å². The number of benzene rings is 1. The molecule has 1 aliphatic carbocycles. The van der Waals surface area contributed by atoms with Gasteiger partial charge in [-0.05, 0) is 50.5 Å². The summed E-state index contributed by atoms with van der Waals surface area (Å²) in [5.74, 6) is -0.128. The molecular formula is C17H21BrF2N2O2S2. The molecule has 144 valence electrons. The molecule has 9 heteroatoms. The van der Waals surface area contributed by atoms with Gasteiger partial charge in [0, 0.05) is 22.7 Å². The largest absolute Gasteiger partial charge is 0.443 e. The summed E-state index contributed by atoms with van der Waals surface area (Å²) in [5, 5.41) is 0.191. The van der Waals surface area contributed by atoms with Crippen LogP contribution in [0.25, 0.3) is 0 Å². The lowest BCUT2D eigenvalue weighted by atomic mass is 10.1. The minimum absolute atomic E-state index is 0.00501. The molecule has 0 heterocycles. The highest BCUT2D eigenvalue weighted by Crippen LogP contribution is 2.56.